The van der Waals surface area contributed by atoms with E-state index in [0.29, 0.717) is 5.75 Å². The number of methoxy groups -OCH3 is 2. The van der Waals surface area contributed by atoms with Gasteiger partial charge in [0.1, 0.15) is 0 Å². The molecule has 0 aliphatic carbocycles. The fourth-order valence-corrected chi connectivity index (χ4v) is 2.51. The molecule has 0 saturated carbocycles. The van der Waals surface area contributed by atoms with Gasteiger partial charge in [0, 0.05) is 11.1 Å². The molecule has 0 radical (unpaired) electrons. The van der Waals surface area contributed by atoms with E-state index in [1.165, 1.54) is 0 Å². The van der Waals surface area contributed by atoms with Gasteiger partial charge in [0.2, 0.25) is 0 Å². The summed E-state index contributed by atoms with van der Waals surface area (Å²) >= 11 is 5.90. The minimum Gasteiger partial charge on any atom is -0.493 e. The van der Waals surface area contributed by atoms with Gasteiger partial charge in [-0.15, -0.1) is 0 Å². The number of benzene rings is 2. The predicted molar refractivity (Wildman–Crippen MR) is 86.4 cm³/mol. The van der Waals surface area contributed by atoms with Crippen LogP contribution >= 0.6 is 11.6 Å². The molecule has 2 aromatic carbocycles. The Morgan fingerprint density at radius 3 is 2.19 bits per heavy atom. The lowest BCUT2D eigenvalue weighted by atomic mass is 9.95. The molecule has 0 aromatic heterocycles. The molecule has 0 aliphatic rings. The third kappa shape index (κ3) is 3.69. The van der Waals surface area contributed by atoms with Gasteiger partial charge in [-0.05, 0) is 54.3 Å². The lowest BCUT2D eigenvalue weighted by Crippen LogP contribution is -2.15. The van der Waals surface area contributed by atoms with E-state index >= 15 is 0 Å². The molecule has 2 N–H and O–H groups in total. The van der Waals surface area contributed by atoms with Gasteiger partial charge in [0.15, 0.2) is 11.5 Å². The summed E-state index contributed by atoms with van der Waals surface area (Å²) < 4.78 is 10.7. The summed E-state index contributed by atoms with van der Waals surface area (Å²) in [5.41, 5.74) is 9.66. The first-order valence-corrected chi connectivity index (χ1v) is 7.15. The zero-order chi connectivity index (χ0) is 15.4. The number of hydrogen-bond donors (Lipinski definition) is 1. The maximum Gasteiger partial charge on any atom is 0.161 e. The van der Waals surface area contributed by atoms with Crippen LogP contribution in [0, 0.1) is 6.92 Å². The van der Waals surface area contributed by atoms with Gasteiger partial charge in [0.05, 0.1) is 14.2 Å². The van der Waals surface area contributed by atoms with Crippen LogP contribution in [0.5, 0.6) is 11.5 Å². The molecular formula is C17H20ClNO2. The Bertz CT molecular complexity index is 611. The molecule has 1 atom stereocenters. The summed E-state index contributed by atoms with van der Waals surface area (Å²) in [6.45, 7) is 2.03. The van der Waals surface area contributed by atoms with Crippen LogP contribution in [0.1, 0.15) is 22.7 Å². The van der Waals surface area contributed by atoms with Gasteiger partial charge < -0.3 is 15.2 Å². The Morgan fingerprint density at radius 1 is 1.05 bits per heavy atom. The van der Waals surface area contributed by atoms with Gasteiger partial charge in [-0.3, -0.25) is 0 Å². The number of hydrogen-bond acceptors (Lipinski definition) is 3. The van der Waals surface area contributed by atoms with E-state index in [2.05, 4.69) is 0 Å². The summed E-state index contributed by atoms with van der Waals surface area (Å²) in [5, 5.41) is 0.731. The van der Waals surface area contributed by atoms with Crippen molar-refractivity contribution in [3.8, 4) is 11.5 Å². The van der Waals surface area contributed by atoms with Crippen LogP contribution in [0.15, 0.2) is 36.4 Å². The van der Waals surface area contributed by atoms with E-state index in [9.17, 15) is 0 Å². The molecule has 0 spiro atoms. The first-order chi connectivity index (χ1) is 10.0. The number of halogens is 1. The molecule has 21 heavy (non-hydrogen) atoms. The predicted octanol–water partition coefficient (Wildman–Crippen LogP) is 3.91. The first-order valence-electron chi connectivity index (χ1n) is 6.77. The molecule has 0 amide bonds. The molecule has 0 bridgehead atoms. The third-order valence-corrected chi connectivity index (χ3v) is 3.79. The number of nitrogens with two attached hydrogens (primary N) is 1. The standard InChI is InChI=1S/C17H20ClNO2/c1-11-8-16(20-2)17(21-3)10-14(11)15(19)9-12-4-6-13(18)7-5-12/h4-8,10,15H,9,19H2,1-3H3. The van der Waals surface area contributed by atoms with Crippen LogP contribution in [0.3, 0.4) is 0 Å². The van der Waals surface area contributed by atoms with Crippen molar-refractivity contribution in [1.29, 1.82) is 0 Å². The van der Waals surface area contributed by atoms with Gasteiger partial charge in [0.25, 0.3) is 0 Å². The monoisotopic (exact) mass is 305 g/mol. The molecule has 3 nitrogen and oxygen atoms in total. The van der Waals surface area contributed by atoms with Crippen molar-refractivity contribution < 1.29 is 9.47 Å². The van der Waals surface area contributed by atoms with Crippen LogP contribution in [-0.4, -0.2) is 14.2 Å². The number of aryl methyl sites for hydroxylation is 1. The quantitative estimate of drug-likeness (QED) is 0.911. The topological polar surface area (TPSA) is 44.5 Å². The molecule has 0 aliphatic heterocycles. The Balaban J connectivity index is 2.26. The molecule has 1 unspecified atom stereocenters. The molecule has 4 heteroatoms. The third-order valence-electron chi connectivity index (χ3n) is 3.54. The molecule has 0 fully saturated rings. The summed E-state index contributed by atoms with van der Waals surface area (Å²) in [7, 11) is 3.26. The van der Waals surface area contributed by atoms with Crippen molar-refractivity contribution in [1.82, 2.24) is 0 Å². The van der Waals surface area contributed by atoms with Crippen molar-refractivity contribution >= 4 is 11.6 Å². The van der Waals surface area contributed by atoms with Crippen LogP contribution in [0.4, 0.5) is 0 Å². The van der Waals surface area contributed by atoms with Crippen LogP contribution in [-0.2, 0) is 6.42 Å². The highest BCUT2D eigenvalue weighted by molar-refractivity contribution is 6.30. The zero-order valence-corrected chi connectivity index (χ0v) is 13.3. The molecule has 2 aromatic rings. The van der Waals surface area contributed by atoms with Gasteiger partial charge in [-0.2, -0.15) is 0 Å². The summed E-state index contributed by atoms with van der Waals surface area (Å²) in [4.78, 5) is 0. The highest BCUT2D eigenvalue weighted by Gasteiger charge is 2.14. The maximum absolute atomic E-state index is 6.35. The van der Waals surface area contributed by atoms with E-state index in [4.69, 9.17) is 26.8 Å². The summed E-state index contributed by atoms with van der Waals surface area (Å²) in [6, 6.07) is 11.6. The van der Waals surface area contributed by atoms with Gasteiger partial charge in [-0.1, -0.05) is 23.7 Å². The fraction of sp³-hybridized carbons (Fsp3) is 0.294. The Morgan fingerprint density at radius 2 is 1.62 bits per heavy atom. The van der Waals surface area contributed by atoms with Gasteiger partial charge in [-0.25, -0.2) is 0 Å². The van der Waals surface area contributed by atoms with Crippen LogP contribution in [0.25, 0.3) is 0 Å². The molecular weight excluding hydrogens is 286 g/mol. The van der Waals surface area contributed by atoms with Crippen LogP contribution < -0.4 is 15.2 Å². The Kier molecular flexibility index (Phi) is 5.10. The van der Waals surface area contributed by atoms with Crippen LogP contribution in [0.2, 0.25) is 5.02 Å². The van der Waals surface area contributed by atoms with Crippen molar-refractivity contribution in [2.75, 3.05) is 14.2 Å². The summed E-state index contributed by atoms with van der Waals surface area (Å²) in [6.07, 6.45) is 0.744. The molecule has 2 rings (SSSR count). The second kappa shape index (κ2) is 6.83. The minimum atomic E-state index is -0.106. The highest BCUT2D eigenvalue weighted by Crippen LogP contribution is 2.33. The van der Waals surface area contributed by atoms with Crippen molar-refractivity contribution in [3.05, 3.63) is 58.1 Å². The maximum atomic E-state index is 6.35. The molecule has 0 saturated heterocycles. The highest BCUT2D eigenvalue weighted by atomic mass is 35.5. The first kappa shape index (κ1) is 15.7. The van der Waals surface area contributed by atoms with Crippen molar-refractivity contribution in [2.24, 2.45) is 5.73 Å². The summed E-state index contributed by atoms with van der Waals surface area (Å²) in [5.74, 6) is 1.42. The fourth-order valence-electron chi connectivity index (χ4n) is 2.38. The van der Waals surface area contributed by atoms with Crippen molar-refractivity contribution in [3.63, 3.8) is 0 Å². The lowest BCUT2D eigenvalue weighted by Gasteiger charge is -2.18. The average molecular weight is 306 g/mol. The second-order valence-corrected chi connectivity index (χ2v) is 5.44. The largest absolute Gasteiger partial charge is 0.493 e. The lowest BCUT2D eigenvalue weighted by molar-refractivity contribution is 0.354. The second-order valence-electron chi connectivity index (χ2n) is 5.00. The average Bonchev–Trinajstić information content (AvgIpc) is 2.49. The van der Waals surface area contributed by atoms with Crippen molar-refractivity contribution in [2.45, 2.75) is 19.4 Å². The van der Waals surface area contributed by atoms with E-state index in [1.807, 2.05) is 43.3 Å². The Hall–Kier alpha value is -1.71. The molecule has 0 heterocycles. The van der Waals surface area contributed by atoms with E-state index in [0.717, 1.165) is 33.9 Å². The van der Waals surface area contributed by atoms with E-state index in [1.54, 1.807) is 14.2 Å². The Labute approximate surface area is 130 Å². The molecule has 112 valence electrons. The smallest absolute Gasteiger partial charge is 0.161 e. The minimum absolute atomic E-state index is 0.106. The zero-order valence-electron chi connectivity index (χ0n) is 12.5. The SMILES string of the molecule is COc1cc(C)c(C(N)Cc2ccc(Cl)cc2)cc1OC. The number of ether oxygens (including phenoxy) is 2. The van der Waals surface area contributed by atoms with Gasteiger partial charge >= 0.3 is 0 Å². The van der Waals surface area contributed by atoms with E-state index in [-0.39, 0.29) is 6.04 Å². The van der Waals surface area contributed by atoms with E-state index < -0.39 is 0 Å². The normalized spacial score (nSPS) is 12.0. The number of rotatable bonds is 5.